The van der Waals surface area contributed by atoms with Gasteiger partial charge in [0.1, 0.15) is 0 Å². The molecule has 0 saturated carbocycles. The first-order chi connectivity index (χ1) is 5.20. The van der Waals surface area contributed by atoms with Crippen LogP contribution in [0.1, 0.15) is 0 Å². The quantitative estimate of drug-likeness (QED) is 0.466. The van der Waals surface area contributed by atoms with Crippen LogP contribution in [0.5, 0.6) is 0 Å². The summed E-state index contributed by atoms with van der Waals surface area (Å²) in [6, 6.07) is 0. The van der Waals surface area contributed by atoms with Gasteiger partial charge in [-0.1, -0.05) is 66.4 Å². The van der Waals surface area contributed by atoms with Gasteiger partial charge < -0.3 is 14.4 Å². The molecule has 0 aromatic rings. The number of hydrogen-bond acceptors (Lipinski definition) is 3. The summed E-state index contributed by atoms with van der Waals surface area (Å²) in [5.74, 6) is 0. The predicted molar refractivity (Wildman–Crippen MR) is 56.6 cm³/mol. The smallest absolute Gasteiger partial charge is 0.861 e. The summed E-state index contributed by atoms with van der Waals surface area (Å²) in [5, 5.41) is 0. The molecule has 0 N–H and O–H groups in total. The molecule has 0 bridgehead atoms. The topological polar surface area (TPSA) is 69.2 Å². The molecule has 0 aliphatic carbocycles. The Labute approximate surface area is 121 Å². The van der Waals surface area contributed by atoms with Crippen LogP contribution in [-0.4, -0.2) is 27.1 Å². The van der Waals surface area contributed by atoms with Crippen molar-refractivity contribution in [1.82, 2.24) is 0 Å². The fraction of sp³-hybridized carbons (Fsp3) is 1.00. The van der Waals surface area contributed by atoms with Gasteiger partial charge in [0.15, 0.2) is 0 Å². The molecule has 0 atom stereocenters. The van der Waals surface area contributed by atoms with Gasteiger partial charge in [0.2, 0.25) is 0 Å². The zero-order valence-corrected chi connectivity index (χ0v) is 16.1. The standard InChI is InChI=1S/3C2H7OSi.Ce/c3*1-4(2)3;/h3*4H,1-2H3;/q3*-1;+3. The van der Waals surface area contributed by atoms with Gasteiger partial charge in [0.05, 0.1) is 0 Å². The zero-order valence-electron chi connectivity index (χ0n) is 9.46. The normalized spacial score (nSPS) is 8.31. The Balaban J connectivity index is -0.0000000450. The van der Waals surface area contributed by atoms with Crippen molar-refractivity contribution >= 4 is 27.1 Å². The SMILES string of the molecule is C[SiH](C)[O-].C[SiH](C)[O-].C[SiH](C)[O-].[Ce+3]. The number of rotatable bonds is 0. The van der Waals surface area contributed by atoms with Crippen LogP contribution in [0.2, 0.25) is 39.3 Å². The fourth-order valence-corrected chi connectivity index (χ4v) is 0. The molecule has 0 aliphatic rings. The van der Waals surface area contributed by atoms with E-state index in [2.05, 4.69) is 0 Å². The monoisotopic (exact) mass is 365 g/mol. The van der Waals surface area contributed by atoms with Crippen LogP contribution in [-0.2, 0) is 0 Å². The zero-order chi connectivity index (χ0) is 10.7. The second-order valence-electron chi connectivity index (χ2n) is 3.15. The minimum Gasteiger partial charge on any atom is -0.861 e. The van der Waals surface area contributed by atoms with Crippen molar-refractivity contribution in [1.29, 1.82) is 0 Å². The minimum atomic E-state index is -1.39. The third kappa shape index (κ3) is 542. The molecule has 0 rings (SSSR count). The van der Waals surface area contributed by atoms with E-state index in [4.69, 9.17) is 0 Å². The van der Waals surface area contributed by atoms with E-state index in [9.17, 15) is 14.4 Å². The van der Waals surface area contributed by atoms with Gasteiger partial charge in [-0.25, -0.2) is 0 Å². The molecular formula is C6H21CeO3Si3. The average molecular weight is 366 g/mol. The first-order valence-electron chi connectivity index (χ1n) is 4.17. The molecule has 0 aromatic heterocycles. The Morgan fingerprint density at radius 2 is 0.538 bits per heavy atom. The van der Waals surface area contributed by atoms with Crippen molar-refractivity contribution in [2.24, 2.45) is 0 Å². The summed E-state index contributed by atoms with van der Waals surface area (Å²) in [5.41, 5.74) is 0. The maximum atomic E-state index is 9.67. The van der Waals surface area contributed by atoms with Crippen LogP contribution >= 0.6 is 0 Å². The van der Waals surface area contributed by atoms with Gasteiger partial charge in [-0.15, -0.1) is 0 Å². The summed E-state index contributed by atoms with van der Waals surface area (Å²) in [6.45, 7) is 10.5. The Morgan fingerprint density at radius 3 is 0.538 bits per heavy atom. The molecule has 0 saturated heterocycles. The Morgan fingerprint density at radius 1 is 0.538 bits per heavy atom. The van der Waals surface area contributed by atoms with Crippen molar-refractivity contribution in [3.8, 4) is 0 Å². The summed E-state index contributed by atoms with van der Waals surface area (Å²) < 4.78 is 0. The molecule has 0 fully saturated rings. The summed E-state index contributed by atoms with van der Waals surface area (Å²) in [6.07, 6.45) is 0. The second-order valence-corrected chi connectivity index (χ2v) is 9.44. The van der Waals surface area contributed by atoms with Gasteiger partial charge in [0.25, 0.3) is 0 Å². The molecule has 3 nitrogen and oxygen atoms in total. The van der Waals surface area contributed by atoms with E-state index in [1.807, 2.05) is 0 Å². The molecular weight excluding hydrogens is 344 g/mol. The van der Waals surface area contributed by atoms with Crippen LogP contribution < -0.4 is 14.4 Å². The Hall–Kier alpha value is 1.91. The largest absolute Gasteiger partial charge is 3.00 e. The van der Waals surface area contributed by atoms with E-state index in [0.717, 1.165) is 0 Å². The first kappa shape index (κ1) is 24.2. The molecule has 0 spiro atoms. The molecule has 79 valence electrons. The van der Waals surface area contributed by atoms with Crippen molar-refractivity contribution < 1.29 is 56.1 Å². The summed E-state index contributed by atoms with van der Waals surface area (Å²) in [4.78, 5) is 29.0. The van der Waals surface area contributed by atoms with Crippen LogP contribution in [0.3, 0.4) is 0 Å². The third-order valence-corrected chi connectivity index (χ3v) is 0. The van der Waals surface area contributed by atoms with E-state index >= 15 is 0 Å². The van der Waals surface area contributed by atoms with Crippen molar-refractivity contribution in [3.05, 3.63) is 0 Å². The molecule has 0 amide bonds. The van der Waals surface area contributed by atoms with Crippen LogP contribution in [0.25, 0.3) is 0 Å². The van der Waals surface area contributed by atoms with E-state index < -0.39 is 27.1 Å². The Kier molecular flexibility index (Phi) is 36.3. The molecule has 0 heterocycles. The molecule has 0 aromatic carbocycles. The maximum absolute atomic E-state index is 9.67. The van der Waals surface area contributed by atoms with E-state index in [1.165, 1.54) is 0 Å². The average Bonchev–Trinajstić information content (AvgIpc) is 1.54. The van der Waals surface area contributed by atoms with Gasteiger partial charge in [-0.3, -0.25) is 0 Å². The van der Waals surface area contributed by atoms with Crippen molar-refractivity contribution in [2.45, 2.75) is 39.3 Å². The van der Waals surface area contributed by atoms with Crippen LogP contribution in [0.4, 0.5) is 0 Å². The van der Waals surface area contributed by atoms with Crippen molar-refractivity contribution in [2.75, 3.05) is 0 Å². The van der Waals surface area contributed by atoms with Gasteiger partial charge >= 0.3 is 41.7 Å². The maximum Gasteiger partial charge on any atom is 3.00 e. The second kappa shape index (κ2) is 19.5. The molecule has 0 unspecified atom stereocenters. The summed E-state index contributed by atoms with van der Waals surface area (Å²) in [7, 11) is -4.17. The van der Waals surface area contributed by atoms with Crippen LogP contribution in [0, 0.1) is 41.7 Å². The van der Waals surface area contributed by atoms with E-state index in [0.29, 0.717) is 0 Å². The third-order valence-electron chi connectivity index (χ3n) is 0. The summed E-state index contributed by atoms with van der Waals surface area (Å²) >= 11 is 0. The fourth-order valence-electron chi connectivity index (χ4n) is 0. The molecule has 0 aliphatic heterocycles. The van der Waals surface area contributed by atoms with Gasteiger partial charge in [0, 0.05) is 0 Å². The first-order valence-corrected chi connectivity index (χ1v) is 12.5. The molecule has 1 radical (unpaired) electrons. The van der Waals surface area contributed by atoms with E-state index in [1.54, 1.807) is 39.3 Å². The number of hydrogen-bond donors (Lipinski definition) is 0. The Bertz CT molecular complexity index is 51.6. The van der Waals surface area contributed by atoms with E-state index in [-0.39, 0.29) is 41.7 Å². The molecule has 7 heteroatoms. The molecule has 13 heavy (non-hydrogen) atoms. The minimum absolute atomic E-state index is 0. The van der Waals surface area contributed by atoms with Crippen LogP contribution in [0.15, 0.2) is 0 Å². The van der Waals surface area contributed by atoms with Crippen molar-refractivity contribution in [3.63, 3.8) is 0 Å². The predicted octanol–water partition coefficient (Wildman–Crippen LogP) is -2.01. The van der Waals surface area contributed by atoms with Gasteiger partial charge in [-0.05, 0) is 0 Å². The van der Waals surface area contributed by atoms with Gasteiger partial charge in [-0.2, -0.15) is 0 Å².